The topological polar surface area (TPSA) is 18.5 Å². The highest BCUT2D eigenvalue weighted by Gasteiger charge is 2.23. The molecule has 0 aliphatic heterocycles. The van der Waals surface area contributed by atoms with Gasteiger partial charge >= 0.3 is 0 Å². The highest BCUT2D eigenvalue weighted by molar-refractivity contribution is 5.01. The summed E-state index contributed by atoms with van der Waals surface area (Å²) in [5.74, 6) is 1.08. The highest BCUT2D eigenvalue weighted by atomic mass is 16.5. The molecule has 1 aliphatic carbocycles. The van der Waals surface area contributed by atoms with Crippen LogP contribution in [0.3, 0.4) is 0 Å². The fourth-order valence-corrected chi connectivity index (χ4v) is 1.70. The van der Waals surface area contributed by atoms with Crippen LogP contribution >= 0.6 is 0 Å². The van der Waals surface area contributed by atoms with Crippen molar-refractivity contribution in [3.05, 3.63) is 12.2 Å². The van der Waals surface area contributed by atoms with E-state index in [1.165, 1.54) is 0 Å². The van der Waals surface area contributed by atoms with Gasteiger partial charge in [0.25, 0.3) is 0 Å². The Kier molecular flexibility index (Phi) is 3.76. The van der Waals surface area contributed by atoms with Crippen LogP contribution in [0.2, 0.25) is 0 Å². The Labute approximate surface area is 74.6 Å². The molecule has 0 aromatic carbocycles. The lowest BCUT2D eigenvalue weighted by atomic mass is 9.87. The van der Waals surface area contributed by atoms with Crippen LogP contribution in [0.25, 0.3) is 0 Å². The molecule has 1 rings (SSSR count). The van der Waals surface area contributed by atoms with E-state index in [9.17, 15) is 0 Å². The van der Waals surface area contributed by atoms with E-state index in [4.69, 9.17) is 9.47 Å². The molecule has 0 aromatic heterocycles. The monoisotopic (exact) mass is 170 g/mol. The molecule has 2 nitrogen and oxygen atoms in total. The largest absolute Gasteiger partial charge is 0.384 e. The molecule has 1 aliphatic rings. The molecule has 0 amide bonds. The van der Waals surface area contributed by atoms with Gasteiger partial charge < -0.3 is 9.47 Å². The van der Waals surface area contributed by atoms with Gasteiger partial charge in [-0.1, -0.05) is 19.1 Å². The molecule has 1 unspecified atom stereocenters. The average Bonchev–Trinajstić information content (AvgIpc) is 2.08. The molecule has 0 spiro atoms. The van der Waals surface area contributed by atoms with Crippen LogP contribution in [-0.4, -0.2) is 26.9 Å². The average molecular weight is 170 g/mol. The van der Waals surface area contributed by atoms with Gasteiger partial charge in [-0.15, -0.1) is 0 Å². The number of rotatable bonds is 3. The fraction of sp³-hybridized carbons (Fsp3) is 0.800. The molecule has 0 saturated heterocycles. The van der Waals surface area contributed by atoms with Gasteiger partial charge in [-0.2, -0.15) is 0 Å². The van der Waals surface area contributed by atoms with E-state index in [0.717, 1.165) is 13.0 Å². The number of hydrogen-bond acceptors (Lipinski definition) is 2. The molecule has 0 saturated carbocycles. The number of hydrogen-bond donors (Lipinski definition) is 0. The van der Waals surface area contributed by atoms with Gasteiger partial charge in [-0.25, -0.2) is 0 Å². The second kappa shape index (κ2) is 4.63. The lowest BCUT2D eigenvalue weighted by Crippen LogP contribution is -2.29. The molecule has 0 heterocycles. The van der Waals surface area contributed by atoms with Crippen molar-refractivity contribution in [1.82, 2.24) is 0 Å². The molecule has 12 heavy (non-hydrogen) atoms. The van der Waals surface area contributed by atoms with Crippen LogP contribution in [0.1, 0.15) is 13.3 Å². The van der Waals surface area contributed by atoms with Crippen LogP contribution in [0.15, 0.2) is 12.2 Å². The summed E-state index contributed by atoms with van der Waals surface area (Å²) in [7, 11) is 3.51. The van der Waals surface area contributed by atoms with E-state index in [0.29, 0.717) is 17.9 Å². The van der Waals surface area contributed by atoms with E-state index in [2.05, 4.69) is 19.1 Å². The van der Waals surface area contributed by atoms with E-state index in [1.807, 2.05) is 0 Å². The molecule has 3 atom stereocenters. The van der Waals surface area contributed by atoms with Crippen molar-refractivity contribution in [2.75, 3.05) is 20.8 Å². The zero-order valence-corrected chi connectivity index (χ0v) is 8.12. The fourth-order valence-electron chi connectivity index (χ4n) is 1.70. The molecule has 2 heteroatoms. The van der Waals surface area contributed by atoms with Crippen molar-refractivity contribution in [3.8, 4) is 0 Å². The zero-order valence-electron chi connectivity index (χ0n) is 8.12. The quantitative estimate of drug-likeness (QED) is 0.602. The van der Waals surface area contributed by atoms with E-state index in [1.54, 1.807) is 14.2 Å². The maximum Gasteiger partial charge on any atom is 0.0661 e. The third-order valence-corrected chi connectivity index (χ3v) is 2.43. The summed E-state index contributed by atoms with van der Waals surface area (Å²) in [4.78, 5) is 0. The van der Waals surface area contributed by atoms with Crippen molar-refractivity contribution in [1.29, 1.82) is 0 Å². The van der Waals surface area contributed by atoms with Crippen LogP contribution in [0, 0.1) is 11.8 Å². The maximum absolute atomic E-state index is 5.40. The summed E-state index contributed by atoms with van der Waals surface area (Å²) >= 11 is 0. The first-order valence-electron chi connectivity index (χ1n) is 4.48. The SMILES string of the molecule is COC[C@H]1C=C[C@@H](C)CC1OC. The Bertz CT molecular complexity index is 154. The van der Waals surface area contributed by atoms with Gasteiger partial charge in [-0.05, 0) is 12.3 Å². The Balaban J connectivity index is 2.52. The first-order chi connectivity index (χ1) is 5.77. The van der Waals surface area contributed by atoms with Crippen LogP contribution < -0.4 is 0 Å². The van der Waals surface area contributed by atoms with Gasteiger partial charge in [0.1, 0.15) is 0 Å². The smallest absolute Gasteiger partial charge is 0.0661 e. The normalized spacial score (nSPS) is 35.4. The van der Waals surface area contributed by atoms with E-state index < -0.39 is 0 Å². The van der Waals surface area contributed by atoms with Gasteiger partial charge in [-0.3, -0.25) is 0 Å². The molecule has 70 valence electrons. The van der Waals surface area contributed by atoms with E-state index in [-0.39, 0.29) is 0 Å². The summed E-state index contributed by atoms with van der Waals surface area (Å²) in [6.45, 7) is 2.98. The van der Waals surface area contributed by atoms with Crippen molar-refractivity contribution in [2.45, 2.75) is 19.4 Å². The third-order valence-electron chi connectivity index (χ3n) is 2.43. The predicted octanol–water partition coefficient (Wildman–Crippen LogP) is 1.86. The molecule has 0 radical (unpaired) electrons. The van der Waals surface area contributed by atoms with Crippen LogP contribution in [0.4, 0.5) is 0 Å². The molecular weight excluding hydrogens is 152 g/mol. The lowest BCUT2D eigenvalue weighted by molar-refractivity contribution is 0.0177. The minimum Gasteiger partial charge on any atom is -0.384 e. The molecule has 0 fully saturated rings. The maximum atomic E-state index is 5.40. The van der Waals surface area contributed by atoms with Gasteiger partial charge in [0, 0.05) is 20.1 Å². The second-order valence-electron chi connectivity index (χ2n) is 3.49. The standard InChI is InChI=1S/C10H18O2/c1-8-4-5-9(7-11-2)10(6-8)12-3/h4-5,8-10H,6-7H2,1-3H3/t8-,9-,10?/m1/s1. The van der Waals surface area contributed by atoms with Crippen molar-refractivity contribution >= 4 is 0 Å². The Morgan fingerprint density at radius 2 is 2.08 bits per heavy atom. The molecule has 0 bridgehead atoms. The number of allylic oxidation sites excluding steroid dienone is 1. The minimum absolute atomic E-state index is 0.338. The van der Waals surface area contributed by atoms with Gasteiger partial charge in [0.05, 0.1) is 12.7 Å². The first-order valence-corrected chi connectivity index (χ1v) is 4.48. The van der Waals surface area contributed by atoms with Gasteiger partial charge in [0.2, 0.25) is 0 Å². The minimum atomic E-state index is 0.338. The zero-order chi connectivity index (χ0) is 8.97. The van der Waals surface area contributed by atoms with Crippen molar-refractivity contribution in [3.63, 3.8) is 0 Å². The van der Waals surface area contributed by atoms with Gasteiger partial charge in [0.15, 0.2) is 0 Å². The first kappa shape index (κ1) is 9.75. The summed E-state index contributed by atoms with van der Waals surface area (Å²) in [5, 5.41) is 0. The third kappa shape index (κ3) is 2.32. The Morgan fingerprint density at radius 3 is 2.67 bits per heavy atom. The lowest BCUT2D eigenvalue weighted by Gasteiger charge is -2.28. The van der Waals surface area contributed by atoms with Crippen LogP contribution in [-0.2, 0) is 9.47 Å². The van der Waals surface area contributed by atoms with Crippen molar-refractivity contribution < 1.29 is 9.47 Å². The summed E-state index contributed by atoms with van der Waals surface area (Å²) < 4.78 is 10.5. The Hall–Kier alpha value is -0.340. The summed E-state index contributed by atoms with van der Waals surface area (Å²) in [5.41, 5.74) is 0. The molecular formula is C10H18O2. The number of ether oxygens (including phenoxy) is 2. The molecule has 0 N–H and O–H groups in total. The highest BCUT2D eigenvalue weighted by Crippen LogP contribution is 2.24. The molecule has 0 aromatic rings. The number of methoxy groups -OCH3 is 2. The summed E-state index contributed by atoms with van der Waals surface area (Å²) in [6, 6.07) is 0. The predicted molar refractivity (Wildman–Crippen MR) is 49.1 cm³/mol. The summed E-state index contributed by atoms with van der Waals surface area (Å²) in [6.07, 6.45) is 5.91. The Morgan fingerprint density at radius 1 is 1.33 bits per heavy atom. The van der Waals surface area contributed by atoms with Crippen molar-refractivity contribution in [2.24, 2.45) is 11.8 Å². The second-order valence-corrected chi connectivity index (χ2v) is 3.49. The van der Waals surface area contributed by atoms with Crippen LogP contribution in [0.5, 0.6) is 0 Å². The van der Waals surface area contributed by atoms with E-state index >= 15 is 0 Å².